The van der Waals surface area contributed by atoms with Crippen molar-refractivity contribution in [2.75, 3.05) is 31.2 Å². The number of rotatable bonds is 2. The monoisotopic (exact) mass is 249 g/mol. The third-order valence-corrected chi connectivity index (χ3v) is 2.64. The van der Waals surface area contributed by atoms with Crippen LogP contribution in [0.1, 0.15) is 0 Å². The molecule has 0 bridgehead atoms. The number of ether oxygens (including phenoxy) is 1. The second-order valence-electron chi connectivity index (χ2n) is 3.81. The highest BCUT2D eigenvalue weighted by Gasteiger charge is 2.14. The number of aromatic amines is 1. The van der Waals surface area contributed by atoms with Gasteiger partial charge in [0.25, 0.3) is 0 Å². The summed E-state index contributed by atoms with van der Waals surface area (Å²) in [7, 11) is 0. The van der Waals surface area contributed by atoms with Crippen molar-refractivity contribution < 1.29 is 9.26 Å². The molecule has 1 N–H and O–H groups in total. The minimum atomic E-state index is -0.608. The van der Waals surface area contributed by atoms with Gasteiger partial charge in [0, 0.05) is 13.1 Å². The van der Waals surface area contributed by atoms with Crippen molar-refractivity contribution in [2.24, 2.45) is 0 Å². The van der Waals surface area contributed by atoms with Crippen LogP contribution >= 0.6 is 0 Å². The summed E-state index contributed by atoms with van der Waals surface area (Å²) in [5.41, 5.74) is 0.477. The summed E-state index contributed by atoms with van der Waals surface area (Å²) in [6, 6.07) is 0. The Labute approximate surface area is 102 Å². The van der Waals surface area contributed by atoms with Crippen LogP contribution in [0.15, 0.2) is 21.7 Å². The number of hydrogen-bond acceptors (Lipinski definition) is 7. The molecule has 1 aliphatic rings. The fraction of sp³-hybridized carbons (Fsp3) is 0.400. The molecular weight excluding hydrogens is 238 g/mol. The normalized spacial score (nSPS) is 15.9. The Morgan fingerprint density at radius 3 is 2.83 bits per heavy atom. The quantitative estimate of drug-likeness (QED) is 0.777. The summed E-state index contributed by atoms with van der Waals surface area (Å²) in [6.07, 6.45) is 3.20. The van der Waals surface area contributed by atoms with Gasteiger partial charge in [-0.2, -0.15) is 0 Å². The lowest BCUT2D eigenvalue weighted by Gasteiger charge is -2.27. The van der Waals surface area contributed by atoms with Crippen molar-refractivity contribution in [3.05, 3.63) is 22.9 Å². The average molecular weight is 249 g/mol. The van der Waals surface area contributed by atoms with Gasteiger partial charge in [0.05, 0.1) is 25.6 Å². The van der Waals surface area contributed by atoms with Crippen molar-refractivity contribution in [3.63, 3.8) is 0 Å². The van der Waals surface area contributed by atoms with Gasteiger partial charge in [-0.1, -0.05) is 5.16 Å². The smallest absolute Gasteiger partial charge is 0.378 e. The number of H-pyrrole nitrogens is 1. The van der Waals surface area contributed by atoms with E-state index in [1.807, 2.05) is 0 Å². The molecule has 0 radical (unpaired) electrons. The molecule has 2 aromatic rings. The summed E-state index contributed by atoms with van der Waals surface area (Å²) < 4.78 is 9.72. The highest BCUT2D eigenvalue weighted by atomic mass is 16.5. The van der Waals surface area contributed by atoms with Gasteiger partial charge in [0.2, 0.25) is 5.82 Å². The van der Waals surface area contributed by atoms with Gasteiger partial charge in [0.1, 0.15) is 11.5 Å². The Bertz CT molecular complexity index is 587. The van der Waals surface area contributed by atoms with Gasteiger partial charge in [-0.3, -0.25) is 14.5 Å². The van der Waals surface area contributed by atoms with E-state index in [1.165, 1.54) is 6.20 Å². The second-order valence-corrected chi connectivity index (χ2v) is 3.81. The van der Waals surface area contributed by atoms with Gasteiger partial charge in [-0.15, -0.1) is 0 Å². The third-order valence-electron chi connectivity index (χ3n) is 2.64. The summed E-state index contributed by atoms with van der Waals surface area (Å²) in [4.78, 5) is 23.9. The summed E-state index contributed by atoms with van der Waals surface area (Å²) in [6.45, 7) is 2.89. The van der Waals surface area contributed by atoms with Gasteiger partial charge >= 0.3 is 5.76 Å². The molecule has 0 aromatic carbocycles. The van der Waals surface area contributed by atoms with Gasteiger partial charge in [-0.05, 0) is 0 Å². The van der Waals surface area contributed by atoms with Crippen molar-refractivity contribution in [3.8, 4) is 11.5 Å². The Hall–Kier alpha value is -2.22. The Balaban J connectivity index is 1.91. The van der Waals surface area contributed by atoms with E-state index < -0.39 is 5.76 Å². The zero-order chi connectivity index (χ0) is 12.4. The maximum absolute atomic E-state index is 10.9. The molecule has 0 aliphatic carbocycles. The fourth-order valence-corrected chi connectivity index (χ4v) is 1.75. The average Bonchev–Trinajstić information content (AvgIpc) is 2.87. The molecule has 0 spiro atoms. The number of hydrogen-bond donors (Lipinski definition) is 1. The van der Waals surface area contributed by atoms with Crippen LogP contribution in [-0.2, 0) is 4.74 Å². The topological polar surface area (TPSA) is 97.1 Å². The van der Waals surface area contributed by atoms with E-state index in [0.29, 0.717) is 18.9 Å². The molecule has 0 amide bonds. The number of nitrogens with zero attached hydrogens (tertiary/aromatic N) is 4. The number of anilines is 1. The van der Waals surface area contributed by atoms with E-state index in [4.69, 9.17) is 4.74 Å². The first kappa shape index (κ1) is 10.9. The largest absolute Gasteiger partial charge is 0.439 e. The van der Waals surface area contributed by atoms with Crippen LogP contribution in [0, 0.1) is 0 Å². The van der Waals surface area contributed by atoms with E-state index >= 15 is 0 Å². The molecule has 2 aromatic heterocycles. The predicted octanol–water partition coefficient (Wildman–Crippen LogP) is -0.344. The molecule has 0 atom stereocenters. The summed E-state index contributed by atoms with van der Waals surface area (Å²) in [5, 5.41) is 3.58. The number of aromatic nitrogens is 4. The zero-order valence-electron chi connectivity index (χ0n) is 9.50. The lowest BCUT2D eigenvalue weighted by atomic mass is 10.4. The molecule has 94 valence electrons. The fourth-order valence-electron chi connectivity index (χ4n) is 1.75. The van der Waals surface area contributed by atoms with E-state index in [-0.39, 0.29) is 5.82 Å². The van der Waals surface area contributed by atoms with E-state index in [0.717, 1.165) is 18.9 Å². The molecule has 3 rings (SSSR count). The molecule has 1 saturated heterocycles. The minimum absolute atomic E-state index is 0.280. The first-order valence-corrected chi connectivity index (χ1v) is 5.54. The van der Waals surface area contributed by atoms with Crippen LogP contribution in [0.25, 0.3) is 11.5 Å². The number of morpholine rings is 1. The molecule has 8 heteroatoms. The van der Waals surface area contributed by atoms with Crippen LogP contribution < -0.4 is 10.7 Å². The second kappa shape index (κ2) is 4.57. The predicted molar refractivity (Wildman–Crippen MR) is 61.2 cm³/mol. The molecule has 3 heterocycles. The Kier molecular flexibility index (Phi) is 2.77. The van der Waals surface area contributed by atoms with Crippen molar-refractivity contribution in [1.29, 1.82) is 0 Å². The lowest BCUT2D eigenvalue weighted by Crippen LogP contribution is -2.36. The molecule has 18 heavy (non-hydrogen) atoms. The van der Waals surface area contributed by atoms with Crippen molar-refractivity contribution >= 4 is 5.82 Å². The molecule has 0 unspecified atom stereocenters. The van der Waals surface area contributed by atoms with Crippen LogP contribution in [0.4, 0.5) is 5.82 Å². The molecule has 1 aliphatic heterocycles. The summed E-state index contributed by atoms with van der Waals surface area (Å²) in [5.74, 6) is 0.408. The SMILES string of the molecule is O=c1[nH]c(-c2cncc(N3CCOCC3)n2)no1. The maximum atomic E-state index is 10.9. The minimum Gasteiger partial charge on any atom is -0.378 e. The van der Waals surface area contributed by atoms with Gasteiger partial charge in [0.15, 0.2) is 0 Å². The van der Waals surface area contributed by atoms with Crippen LogP contribution in [0.2, 0.25) is 0 Å². The summed E-state index contributed by atoms with van der Waals surface area (Å²) >= 11 is 0. The van der Waals surface area contributed by atoms with Crippen molar-refractivity contribution in [2.45, 2.75) is 0 Å². The van der Waals surface area contributed by atoms with E-state index in [9.17, 15) is 4.79 Å². The van der Waals surface area contributed by atoms with E-state index in [1.54, 1.807) is 6.20 Å². The standard InChI is InChI=1S/C10H11N5O3/c16-10-13-9(14-18-10)7-5-11-6-8(12-7)15-1-3-17-4-2-15/h5-6H,1-4H2,(H,13,14,16). The van der Waals surface area contributed by atoms with Crippen molar-refractivity contribution in [1.82, 2.24) is 20.1 Å². The maximum Gasteiger partial charge on any atom is 0.439 e. The van der Waals surface area contributed by atoms with Crippen LogP contribution in [0.3, 0.4) is 0 Å². The molecule has 8 nitrogen and oxygen atoms in total. The zero-order valence-corrected chi connectivity index (χ0v) is 9.50. The number of nitrogens with one attached hydrogen (secondary N) is 1. The Morgan fingerprint density at radius 2 is 2.11 bits per heavy atom. The molecule has 0 saturated carbocycles. The highest BCUT2D eigenvalue weighted by molar-refractivity contribution is 5.50. The highest BCUT2D eigenvalue weighted by Crippen LogP contribution is 2.15. The first-order valence-electron chi connectivity index (χ1n) is 5.54. The third kappa shape index (κ3) is 2.09. The first-order chi connectivity index (χ1) is 8.83. The Morgan fingerprint density at radius 1 is 1.28 bits per heavy atom. The van der Waals surface area contributed by atoms with Crippen LogP contribution in [-0.4, -0.2) is 46.4 Å². The van der Waals surface area contributed by atoms with Crippen LogP contribution in [0.5, 0.6) is 0 Å². The van der Waals surface area contributed by atoms with Gasteiger partial charge < -0.3 is 9.64 Å². The molecule has 1 fully saturated rings. The van der Waals surface area contributed by atoms with E-state index in [2.05, 4.69) is 29.5 Å². The van der Waals surface area contributed by atoms with Gasteiger partial charge in [-0.25, -0.2) is 9.78 Å². The lowest BCUT2D eigenvalue weighted by molar-refractivity contribution is 0.122. The molecular formula is C10H11N5O3.